The van der Waals surface area contributed by atoms with Crippen LogP contribution in [0.25, 0.3) is 0 Å². The molecular formula is C15H19NO2. The Morgan fingerprint density at radius 1 is 1.28 bits per heavy atom. The van der Waals surface area contributed by atoms with Gasteiger partial charge in [0.15, 0.2) is 6.10 Å². The van der Waals surface area contributed by atoms with E-state index >= 15 is 0 Å². The number of furan rings is 1. The molecule has 0 saturated carbocycles. The minimum absolute atomic E-state index is 0.138. The smallest absolute Gasteiger partial charge is 0.171 e. The second-order valence-corrected chi connectivity index (χ2v) is 4.41. The molecule has 2 N–H and O–H groups in total. The molecular weight excluding hydrogens is 226 g/mol. The topological polar surface area (TPSA) is 48.4 Å². The van der Waals surface area contributed by atoms with Gasteiger partial charge >= 0.3 is 0 Å². The third kappa shape index (κ3) is 2.93. The molecule has 0 aliphatic heterocycles. The van der Waals surface area contributed by atoms with Crippen molar-refractivity contribution in [3.8, 4) is 5.75 Å². The summed E-state index contributed by atoms with van der Waals surface area (Å²) in [5, 5.41) is 0. The van der Waals surface area contributed by atoms with E-state index in [4.69, 9.17) is 14.9 Å². The van der Waals surface area contributed by atoms with Crippen molar-refractivity contribution in [1.82, 2.24) is 0 Å². The fourth-order valence-corrected chi connectivity index (χ4v) is 1.86. The van der Waals surface area contributed by atoms with Crippen LogP contribution in [-0.4, -0.2) is 6.04 Å². The van der Waals surface area contributed by atoms with Crippen molar-refractivity contribution in [3.05, 3.63) is 54.0 Å². The highest BCUT2D eigenvalue weighted by Gasteiger charge is 2.20. The van der Waals surface area contributed by atoms with E-state index < -0.39 is 0 Å². The molecule has 2 atom stereocenters. The highest BCUT2D eigenvalue weighted by Crippen LogP contribution is 2.25. The Kier molecular flexibility index (Phi) is 4.05. The monoisotopic (exact) mass is 245 g/mol. The Labute approximate surface area is 108 Å². The maximum absolute atomic E-state index is 5.96. The lowest BCUT2D eigenvalue weighted by atomic mass is 10.1. The first kappa shape index (κ1) is 12.7. The van der Waals surface area contributed by atoms with Gasteiger partial charge in [0.05, 0.1) is 6.26 Å². The van der Waals surface area contributed by atoms with Gasteiger partial charge < -0.3 is 14.9 Å². The summed E-state index contributed by atoms with van der Waals surface area (Å²) < 4.78 is 11.3. The number of rotatable bonds is 5. The van der Waals surface area contributed by atoms with Crippen LogP contribution >= 0.6 is 0 Å². The van der Waals surface area contributed by atoms with Crippen molar-refractivity contribution < 1.29 is 9.15 Å². The summed E-state index contributed by atoms with van der Waals surface area (Å²) in [6, 6.07) is 11.7. The minimum Gasteiger partial charge on any atom is -0.481 e. The zero-order chi connectivity index (χ0) is 13.0. The third-order valence-electron chi connectivity index (χ3n) is 2.87. The molecule has 0 radical (unpaired) electrons. The largest absolute Gasteiger partial charge is 0.481 e. The molecule has 1 aromatic carbocycles. The Morgan fingerprint density at radius 3 is 2.72 bits per heavy atom. The van der Waals surface area contributed by atoms with Crippen molar-refractivity contribution in [1.29, 1.82) is 0 Å². The fraction of sp³-hybridized carbons (Fsp3) is 0.333. The molecule has 0 bridgehead atoms. The van der Waals surface area contributed by atoms with Crippen LogP contribution < -0.4 is 10.5 Å². The quantitative estimate of drug-likeness (QED) is 0.879. The van der Waals surface area contributed by atoms with Gasteiger partial charge in [-0.05, 0) is 43.2 Å². The first-order valence-electron chi connectivity index (χ1n) is 6.25. The van der Waals surface area contributed by atoms with E-state index in [1.807, 2.05) is 37.3 Å². The van der Waals surface area contributed by atoms with Crippen LogP contribution in [0, 0.1) is 0 Å². The number of aryl methyl sites for hydroxylation is 1. The second kappa shape index (κ2) is 5.74. The molecule has 0 amide bonds. The lowest BCUT2D eigenvalue weighted by Gasteiger charge is -2.20. The molecule has 0 saturated heterocycles. The van der Waals surface area contributed by atoms with E-state index in [0.29, 0.717) is 0 Å². The zero-order valence-electron chi connectivity index (χ0n) is 10.8. The third-order valence-corrected chi connectivity index (χ3v) is 2.87. The van der Waals surface area contributed by atoms with Crippen LogP contribution in [0.1, 0.15) is 31.3 Å². The molecule has 0 aliphatic carbocycles. The van der Waals surface area contributed by atoms with E-state index in [9.17, 15) is 0 Å². The van der Waals surface area contributed by atoms with Crippen LogP contribution in [0.5, 0.6) is 5.75 Å². The average Bonchev–Trinajstić information content (AvgIpc) is 2.89. The highest BCUT2D eigenvalue weighted by molar-refractivity contribution is 5.29. The highest BCUT2D eigenvalue weighted by atomic mass is 16.5. The van der Waals surface area contributed by atoms with Crippen LogP contribution in [0.3, 0.4) is 0 Å². The van der Waals surface area contributed by atoms with Gasteiger partial charge in [-0.1, -0.05) is 19.1 Å². The number of hydrogen-bond acceptors (Lipinski definition) is 3. The summed E-state index contributed by atoms with van der Waals surface area (Å²) in [4.78, 5) is 0. The first-order chi connectivity index (χ1) is 8.70. The number of hydrogen-bond donors (Lipinski definition) is 1. The van der Waals surface area contributed by atoms with E-state index in [1.165, 1.54) is 5.56 Å². The lowest BCUT2D eigenvalue weighted by molar-refractivity contribution is 0.153. The van der Waals surface area contributed by atoms with Crippen molar-refractivity contribution in [3.63, 3.8) is 0 Å². The molecule has 2 rings (SSSR count). The summed E-state index contributed by atoms with van der Waals surface area (Å²) in [7, 11) is 0. The van der Waals surface area contributed by atoms with Crippen molar-refractivity contribution >= 4 is 0 Å². The van der Waals surface area contributed by atoms with Gasteiger partial charge in [0.2, 0.25) is 0 Å². The molecule has 96 valence electrons. The van der Waals surface area contributed by atoms with Crippen LogP contribution in [0.2, 0.25) is 0 Å². The fourth-order valence-electron chi connectivity index (χ4n) is 1.86. The summed E-state index contributed by atoms with van der Waals surface area (Å²) in [6.07, 6.45) is 2.37. The van der Waals surface area contributed by atoms with E-state index in [-0.39, 0.29) is 12.1 Å². The van der Waals surface area contributed by atoms with E-state index in [1.54, 1.807) is 6.26 Å². The molecule has 0 spiro atoms. The summed E-state index contributed by atoms with van der Waals surface area (Å²) in [5.41, 5.74) is 7.21. The van der Waals surface area contributed by atoms with Crippen LogP contribution in [0.4, 0.5) is 0 Å². The molecule has 1 heterocycles. The Balaban J connectivity index is 2.18. The predicted octanol–water partition coefficient (Wildman–Crippen LogP) is 3.31. The van der Waals surface area contributed by atoms with Gasteiger partial charge in [-0.3, -0.25) is 0 Å². The lowest BCUT2D eigenvalue weighted by Crippen LogP contribution is -2.28. The maximum atomic E-state index is 5.96. The molecule has 1 aromatic heterocycles. The van der Waals surface area contributed by atoms with Gasteiger partial charge in [-0.2, -0.15) is 0 Å². The molecule has 18 heavy (non-hydrogen) atoms. The molecule has 0 aliphatic rings. The predicted molar refractivity (Wildman–Crippen MR) is 71.5 cm³/mol. The van der Waals surface area contributed by atoms with Gasteiger partial charge in [-0.15, -0.1) is 0 Å². The normalized spacial score (nSPS) is 14.2. The van der Waals surface area contributed by atoms with Gasteiger partial charge in [0, 0.05) is 6.04 Å². The van der Waals surface area contributed by atoms with E-state index in [2.05, 4.69) is 13.0 Å². The zero-order valence-corrected chi connectivity index (χ0v) is 10.8. The average molecular weight is 245 g/mol. The maximum Gasteiger partial charge on any atom is 0.171 e. The molecule has 3 nitrogen and oxygen atoms in total. The summed E-state index contributed by atoms with van der Waals surface area (Å²) in [6.45, 7) is 4.03. The Hall–Kier alpha value is -1.74. The SMILES string of the molecule is CCc1cccc(OC(c2ccco2)C(C)N)c1. The van der Waals surface area contributed by atoms with Crippen molar-refractivity contribution in [2.45, 2.75) is 32.4 Å². The summed E-state index contributed by atoms with van der Waals surface area (Å²) >= 11 is 0. The molecule has 2 aromatic rings. The number of nitrogens with two attached hydrogens (primary N) is 1. The first-order valence-corrected chi connectivity index (χ1v) is 6.25. The minimum atomic E-state index is -0.257. The van der Waals surface area contributed by atoms with Gasteiger partial charge in [0.1, 0.15) is 11.5 Å². The molecule has 3 heteroatoms. The Morgan fingerprint density at radius 2 is 2.11 bits per heavy atom. The standard InChI is InChI=1S/C15H19NO2/c1-3-12-6-4-7-13(10-12)18-15(11(2)16)14-8-5-9-17-14/h4-11,15H,3,16H2,1-2H3. The van der Waals surface area contributed by atoms with Crippen LogP contribution in [-0.2, 0) is 6.42 Å². The number of ether oxygens (including phenoxy) is 1. The molecule has 0 fully saturated rings. The van der Waals surface area contributed by atoms with Gasteiger partial charge in [0.25, 0.3) is 0 Å². The van der Waals surface area contributed by atoms with Gasteiger partial charge in [-0.25, -0.2) is 0 Å². The Bertz CT molecular complexity index is 477. The second-order valence-electron chi connectivity index (χ2n) is 4.41. The van der Waals surface area contributed by atoms with E-state index in [0.717, 1.165) is 17.9 Å². The van der Waals surface area contributed by atoms with Crippen LogP contribution in [0.15, 0.2) is 47.1 Å². The summed E-state index contributed by atoms with van der Waals surface area (Å²) in [5.74, 6) is 1.58. The molecule has 2 unspecified atom stereocenters. The van der Waals surface area contributed by atoms with Crippen molar-refractivity contribution in [2.24, 2.45) is 5.73 Å². The van der Waals surface area contributed by atoms with Crippen molar-refractivity contribution in [2.75, 3.05) is 0 Å². The number of benzene rings is 1.